The Bertz CT molecular complexity index is 1040. The normalized spacial score (nSPS) is 19.0. The van der Waals surface area contributed by atoms with Crippen LogP contribution in [0.3, 0.4) is 0 Å². The first-order valence-corrected chi connectivity index (χ1v) is 11.7. The summed E-state index contributed by atoms with van der Waals surface area (Å²) in [6, 6.07) is 11.5. The molecule has 2 amide bonds. The molecular weight excluding hydrogens is 436 g/mol. The van der Waals surface area contributed by atoms with Gasteiger partial charge in [0.1, 0.15) is 11.6 Å². The van der Waals surface area contributed by atoms with Crippen LogP contribution in [-0.2, 0) is 6.54 Å². The second-order valence-corrected chi connectivity index (χ2v) is 9.02. The number of nitrogens with two attached hydrogens (primary N) is 1. The second kappa shape index (κ2) is 11.2. The number of piperidine rings is 1. The lowest BCUT2D eigenvalue weighted by atomic mass is 9.87. The van der Waals surface area contributed by atoms with Crippen LogP contribution < -0.4 is 16.4 Å². The van der Waals surface area contributed by atoms with Crippen molar-refractivity contribution in [3.8, 4) is 0 Å². The van der Waals surface area contributed by atoms with E-state index in [1.165, 1.54) is 23.3 Å². The molecule has 6 nitrogen and oxygen atoms in total. The molecule has 1 atom stereocenters. The maximum atomic E-state index is 13.4. The molecule has 180 valence electrons. The minimum absolute atomic E-state index is 0.113. The zero-order valence-electron chi connectivity index (χ0n) is 19.1. The topological polar surface area (TPSA) is 82.7 Å². The van der Waals surface area contributed by atoms with Crippen LogP contribution in [0.1, 0.15) is 41.9 Å². The van der Waals surface area contributed by atoms with Crippen LogP contribution in [0.5, 0.6) is 0 Å². The fourth-order valence-electron chi connectivity index (χ4n) is 4.65. The molecule has 0 aromatic heterocycles. The third kappa shape index (κ3) is 6.63. The standard InChI is InChI=1S/C26H31F2N5O/c27-22-12-19(13-23(28)14-22)17-33-10-8-18(9-11-33)15-31-26(34)32-25(29)30-16-21-6-3-5-20-4-1-2-7-24(20)21/h1-5,7,12-14,18,21H,6,8-11,15-17H2,(H4,29,30,31,32,34). The van der Waals surface area contributed by atoms with E-state index in [-0.39, 0.29) is 17.9 Å². The van der Waals surface area contributed by atoms with Gasteiger partial charge in [-0.25, -0.2) is 13.6 Å². The van der Waals surface area contributed by atoms with Crippen molar-refractivity contribution in [2.24, 2.45) is 16.6 Å². The first-order chi connectivity index (χ1) is 16.5. The van der Waals surface area contributed by atoms with E-state index in [1.807, 2.05) is 12.1 Å². The summed E-state index contributed by atoms with van der Waals surface area (Å²) in [7, 11) is 0. The van der Waals surface area contributed by atoms with Crippen LogP contribution in [-0.4, -0.2) is 43.1 Å². The van der Waals surface area contributed by atoms with E-state index < -0.39 is 11.6 Å². The maximum Gasteiger partial charge on any atom is 0.321 e. The summed E-state index contributed by atoms with van der Waals surface area (Å²) in [4.78, 5) is 18.8. The van der Waals surface area contributed by atoms with Gasteiger partial charge < -0.3 is 11.1 Å². The number of halogens is 2. The molecule has 8 heteroatoms. The van der Waals surface area contributed by atoms with E-state index in [0.717, 1.165) is 38.4 Å². The summed E-state index contributed by atoms with van der Waals surface area (Å²) in [6.07, 6.45) is 6.95. The third-order valence-corrected chi connectivity index (χ3v) is 6.46. The lowest BCUT2D eigenvalue weighted by Crippen LogP contribution is -2.46. The largest absolute Gasteiger partial charge is 0.370 e. The van der Waals surface area contributed by atoms with Crippen LogP contribution in [0.25, 0.3) is 6.08 Å². The molecule has 0 saturated carbocycles. The Morgan fingerprint density at radius 2 is 1.85 bits per heavy atom. The van der Waals surface area contributed by atoms with E-state index in [4.69, 9.17) is 5.73 Å². The maximum absolute atomic E-state index is 13.4. The molecular formula is C26H31F2N5O. The van der Waals surface area contributed by atoms with Crippen molar-refractivity contribution in [1.82, 2.24) is 15.5 Å². The molecule has 0 spiro atoms. The summed E-state index contributed by atoms with van der Waals surface area (Å²) < 4.78 is 26.8. The van der Waals surface area contributed by atoms with Crippen molar-refractivity contribution >= 4 is 18.1 Å². The Hall–Kier alpha value is -3.26. The molecule has 1 heterocycles. The minimum atomic E-state index is -0.552. The van der Waals surface area contributed by atoms with Crippen molar-refractivity contribution in [3.05, 3.63) is 76.9 Å². The summed E-state index contributed by atoms with van der Waals surface area (Å²) in [5, 5.41) is 5.49. The molecule has 1 aliphatic carbocycles. The number of benzene rings is 2. The summed E-state index contributed by atoms with van der Waals surface area (Å²) in [5.41, 5.74) is 9.02. The predicted octanol–water partition coefficient (Wildman–Crippen LogP) is 3.99. The summed E-state index contributed by atoms with van der Waals surface area (Å²) in [5.74, 6) is -0.401. The zero-order chi connectivity index (χ0) is 23.9. The Balaban J connectivity index is 1.16. The molecule has 34 heavy (non-hydrogen) atoms. The number of hydrogen-bond acceptors (Lipinski definition) is 3. The number of carbonyl (C=O) groups is 1. The van der Waals surface area contributed by atoms with Gasteiger partial charge in [-0.3, -0.25) is 15.2 Å². The zero-order valence-corrected chi connectivity index (χ0v) is 19.1. The quantitative estimate of drug-likeness (QED) is 0.444. The van der Waals surface area contributed by atoms with Crippen molar-refractivity contribution < 1.29 is 13.6 Å². The number of urea groups is 1. The van der Waals surface area contributed by atoms with Crippen molar-refractivity contribution in [2.45, 2.75) is 31.7 Å². The fourth-order valence-corrected chi connectivity index (χ4v) is 4.65. The number of allylic oxidation sites excluding steroid dienone is 1. The van der Waals surface area contributed by atoms with Gasteiger partial charge in [0.05, 0.1) is 0 Å². The second-order valence-electron chi connectivity index (χ2n) is 9.02. The predicted molar refractivity (Wildman–Crippen MR) is 130 cm³/mol. The molecule has 1 unspecified atom stereocenters. The van der Waals surface area contributed by atoms with Gasteiger partial charge in [0, 0.05) is 31.6 Å². The van der Waals surface area contributed by atoms with Gasteiger partial charge in [-0.2, -0.15) is 0 Å². The number of rotatable bonds is 6. The highest BCUT2D eigenvalue weighted by molar-refractivity contribution is 5.95. The summed E-state index contributed by atoms with van der Waals surface area (Å²) in [6.45, 7) is 3.20. The first kappa shape index (κ1) is 23.9. The molecule has 4 rings (SSSR count). The highest BCUT2D eigenvalue weighted by atomic mass is 19.1. The number of nitrogens with zero attached hydrogens (tertiary/aromatic N) is 2. The molecule has 2 aromatic rings. The third-order valence-electron chi connectivity index (χ3n) is 6.46. The van der Waals surface area contributed by atoms with Gasteiger partial charge in [-0.1, -0.05) is 36.4 Å². The highest BCUT2D eigenvalue weighted by Crippen LogP contribution is 2.29. The van der Waals surface area contributed by atoms with Crippen LogP contribution in [0.4, 0.5) is 13.6 Å². The average molecular weight is 468 g/mol. The number of nitrogens with one attached hydrogen (secondary N) is 2. The van der Waals surface area contributed by atoms with Gasteiger partial charge in [-0.15, -0.1) is 0 Å². The number of guanidine groups is 1. The Morgan fingerprint density at radius 1 is 1.12 bits per heavy atom. The number of likely N-dealkylation sites (tertiary alicyclic amines) is 1. The van der Waals surface area contributed by atoms with E-state index in [1.54, 1.807) is 0 Å². The van der Waals surface area contributed by atoms with Gasteiger partial charge in [0.2, 0.25) is 0 Å². The lowest BCUT2D eigenvalue weighted by molar-refractivity contribution is 0.175. The molecule has 1 aliphatic heterocycles. The number of aliphatic imine (C=N–C) groups is 1. The Morgan fingerprint density at radius 3 is 2.62 bits per heavy atom. The molecule has 1 saturated heterocycles. The van der Waals surface area contributed by atoms with Crippen LogP contribution in [0.15, 0.2) is 53.5 Å². The van der Waals surface area contributed by atoms with Gasteiger partial charge in [0.25, 0.3) is 0 Å². The van der Waals surface area contributed by atoms with E-state index in [2.05, 4.69) is 44.8 Å². The minimum Gasteiger partial charge on any atom is -0.370 e. The molecule has 2 aromatic carbocycles. The number of carbonyl (C=O) groups excluding carboxylic acids is 1. The van der Waals surface area contributed by atoms with Crippen LogP contribution >= 0.6 is 0 Å². The van der Waals surface area contributed by atoms with Crippen LogP contribution in [0.2, 0.25) is 0 Å². The number of fused-ring (bicyclic) bond motifs is 1. The lowest BCUT2D eigenvalue weighted by Gasteiger charge is -2.32. The molecule has 0 radical (unpaired) electrons. The van der Waals surface area contributed by atoms with Crippen molar-refractivity contribution in [2.75, 3.05) is 26.2 Å². The van der Waals surface area contributed by atoms with Crippen LogP contribution in [0, 0.1) is 17.6 Å². The molecule has 1 fully saturated rings. The SMILES string of the molecule is NC(=NCC1CC=Cc2ccccc21)NC(=O)NCC1CCN(Cc2cc(F)cc(F)c2)CC1. The van der Waals surface area contributed by atoms with Crippen molar-refractivity contribution in [1.29, 1.82) is 0 Å². The highest BCUT2D eigenvalue weighted by Gasteiger charge is 2.20. The van der Waals surface area contributed by atoms with E-state index in [0.29, 0.717) is 31.1 Å². The van der Waals surface area contributed by atoms with E-state index >= 15 is 0 Å². The first-order valence-electron chi connectivity index (χ1n) is 11.7. The Kier molecular flexibility index (Phi) is 7.90. The Labute approximate surface area is 198 Å². The van der Waals surface area contributed by atoms with Gasteiger partial charge in [-0.05, 0) is 67.1 Å². The molecule has 4 N–H and O–H groups in total. The average Bonchev–Trinajstić information content (AvgIpc) is 2.81. The molecule has 0 bridgehead atoms. The fraction of sp³-hybridized carbons (Fsp3) is 0.385. The van der Waals surface area contributed by atoms with Crippen molar-refractivity contribution in [3.63, 3.8) is 0 Å². The molecule has 2 aliphatic rings. The monoisotopic (exact) mass is 467 g/mol. The smallest absolute Gasteiger partial charge is 0.321 e. The van der Waals surface area contributed by atoms with Gasteiger partial charge in [0.15, 0.2) is 5.96 Å². The van der Waals surface area contributed by atoms with Gasteiger partial charge >= 0.3 is 6.03 Å². The number of hydrogen-bond donors (Lipinski definition) is 3. The number of amides is 2. The van der Waals surface area contributed by atoms with E-state index in [9.17, 15) is 13.6 Å². The summed E-state index contributed by atoms with van der Waals surface area (Å²) >= 11 is 0.